The molecule has 3 rings (SSSR count). The Morgan fingerprint density at radius 2 is 1.64 bits per heavy atom. The van der Waals surface area contributed by atoms with E-state index < -0.39 is 5.97 Å². The highest BCUT2D eigenvalue weighted by molar-refractivity contribution is 7.20. The molecule has 1 aromatic heterocycles. The average molecular weight is 466 g/mol. The Labute approximate surface area is 197 Å². The van der Waals surface area contributed by atoms with Gasteiger partial charge in [0.05, 0.1) is 25.4 Å². The number of amides is 1. The van der Waals surface area contributed by atoms with Crippen LogP contribution in [0.2, 0.25) is 0 Å². The van der Waals surface area contributed by atoms with Crippen molar-refractivity contribution in [1.29, 1.82) is 0 Å². The van der Waals surface area contributed by atoms with Crippen LogP contribution in [0.15, 0.2) is 60.7 Å². The Kier molecular flexibility index (Phi) is 8.66. The van der Waals surface area contributed by atoms with Crippen LogP contribution in [0, 0.1) is 0 Å². The normalized spacial score (nSPS) is 10.8. The molecule has 2 aromatic carbocycles. The van der Waals surface area contributed by atoms with Gasteiger partial charge in [0.25, 0.3) is 0 Å². The molecule has 0 bridgehead atoms. The Morgan fingerprint density at radius 1 is 0.909 bits per heavy atom. The second-order valence-corrected chi connectivity index (χ2v) is 7.89. The molecule has 0 atom stereocenters. The fraction of sp³-hybridized carbons (Fsp3) is 0.231. The highest BCUT2D eigenvalue weighted by Crippen LogP contribution is 2.36. The fourth-order valence-electron chi connectivity index (χ4n) is 3.09. The topological polar surface area (TPSA) is 73.9 Å². The molecular weight excluding hydrogens is 438 g/mol. The van der Waals surface area contributed by atoms with Crippen molar-refractivity contribution in [3.8, 4) is 21.9 Å². The number of rotatable bonds is 10. The van der Waals surface area contributed by atoms with Gasteiger partial charge in [0, 0.05) is 11.0 Å². The number of nitrogens with one attached hydrogen (secondary N) is 1. The van der Waals surface area contributed by atoms with Gasteiger partial charge < -0.3 is 19.5 Å². The summed E-state index contributed by atoms with van der Waals surface area (Å²) in [7, 11) is 0. The number of carbonyl (C=O) groups is 2. The minimum absolute atomic E-state index is 0.253. The maximum atomic E-state index is 12.6. The number of anilines is 1. The van der Waals surface area contributed by atoms with E-state index in [0.717, 1.165) is 16.0 Å². The van der Waals surface area contributed by atoms with E-state index in [1.54, 1.807) is 19.1 Å². The first-order valence-electron chi connectivity index (χ1n) is 10.8. The summed E-state index contributed by atoms with van der Waals surface area (Å²) in [6.45, 7) is 6.85. The standard InChI is InChI=1S/C26H27NO5S/c1-4-30-21-14-12-18(16-22(21)31-5-2)13-15-24(28)27-25-20(26(29)32-6-3)17-23(33-25)19-10-8-7-9-11-19/h7-17H,4-6H2,1-3H3,(H,27,28)/b15-13+. The van der Waals surface area contributed by atoms with Gasteiger partial charge in [-0.1, -0.05) is 36.4 Å². The van der Waals surface area contributed by atoms with Crippen LogP contribution >= 0.6 is 11.3 Å². The van der Waals surface area contributed by atoms with Crippen LogP contribution in [-0.2, 0) is 9.53 Å². The third-order valence-electron chi connectivity index (χ3n) is 4.52. The fourth-order valence-corrected chi connectivity index (χ4v) is 4.14. The molecule has 1 heterocycles. The number of ether oxygens (including phenoxy) is 3. The van der Waals surface area contributed by atoms with Crippen LogP contribution in [0.5, 0.6) is 11.5 Å². The molecule has 0 saturated heterocycles. The van der Waals surface area contributed by atoms with Gasteiger partial charge >= 0.3 is 5.97 Å². The monoisotopic (exact) mass is 465 g/mol. The van der Waals surface area contributed by atoms with Gasteiger partial charge in [-0.05, 0) is 56.2 Å². The molecule has 33 heavy (non-hydrogen) atoms. The Balaban J connectivity index is 1.80. The number of hydrogen-bond donors (Lipinski definition) is 1. The lowest BCUT2D eigenvalue weighted by atomic mass is 10.1. The van der Waals surface area contributed by atoms with E-state index in [1.807, 2.05) is 62.4 Å². The minimum atomic E-state index is -0.469. The number of carbonyl (C=O) groups excluding carboxylic acids is 2. The molecule has 0 aliphatic rings. The molecule has 3 aromatic rings. The summed E-state index contributed by atoms with van der Waals surface area (Å²) in [5, 5.41) is 3.27. The molecular formula is C26H27NO5S. The summed E-state index contributed by atoms with van der Waals surface area (Å²) in [6, 6.07) is 16.9. The zero-order chi connectivity index (χ0) is 23.6. The maximum Gasteiger partial charge on any atom is 0.341 e. The quantitative estimate of drug-likeness (QED) is 0.292. The summed E-state index contributed by atoms with van der Waals surface area (Å²) >= 11 is 1.33. The van der Waals surface area contributed by atoms with Crippen LogP contribution in [0.1, 0.15) is 36.7 Å². The Hall–Kier alpha value is -3.58. The third-order valence-corrected chi connectivity index (χ3v) is 5.62. The molecule has 6 nitrogen and oxygen atoms in total. The second kappa shape index (κ2) is 11.9. The van der Waals surface area contributed by atoms with Crippen molar-refractivity contribution in [1.82, 2.24) is 0 Å². The molecule has 0 fully saturated rings. The van der Waals surface area contributed by atoms with Gasteiger partial charge in [-0.25, -0.2) is 4.79 Å². The number of benzene rings is 2. The van der Waals surface area contributed by atoms with Gasteiger partial charge in [0.15, 0.2) is 11.5 Å². The molecule has 0 saturated carbocycles. The summed E-state index contributed by atoms with van der Waals surface area (Å²) < 4.78 is 16.4. The smallest absolute Gasteiger partial charge is 0.341 e. The molecule has 0 spiro atoms. The summed E-state index contributed by atoms with van der Waals surface area (Å²) in [4.78, 5) is 26.0. The van der Waals surface area contributed by atoms with Crippen molar-refractivity contribution in [2.24, 2.45) is 0 Å². The van der Waals surface area contributed by atoms with Crippen molar-refractivity contribution in [3.63, 3.8) is 0 Å². The van der Waals surface area contributed by atoms with E-state index in [1.165, 1.54) is 17.4 Å². The van der Waals surface area contributed by atoms with E-state index in [0.29, 0.717) is 35.3 Å². The van der Waals surface area contributed by atoms with Crippen LogP contribution in [-0.4, -0.2) is 31.7 Å². The predicted molar refractivity (Wildman–Crippen MR) is 132 cm³/mol. The average Bonchev–Trinajstić information content (AvgIpc) is 3.24. The number of thiophene rings is 1. The number of hydrogen-bond acceptors (Lipinski definition) is 6. The number of esters is 1. The van der Waals surface area contributed by atoms with Gasteiger partial charge in [0.1, 0.15) is 5.00 Å². The van der Waals surface area contributed by atoms with E-state index in [4.69, 9.17) is 14.2 Å². The molecule has 0 unspecified atom stereocenters. The van der Waals surface area contributed by atoms with Gasteiger partial charge in [0.2, 0.25) is 5.91 Å². The zero-order valence-corrected chi connectivity index (χ0v) is 19.7. The maximum absolute atomic E-state index is 12.6. The highest BCUT2D eigenvalue weighted by Gasteiger charge is 2.19. The van der Waals surface area contributed by atoms with Crippen LogP contribution in [0.25, 0.3) is 16.5 Å². The lowest BCUT2D eigenvalue weighted by Gasteiger charge is -2.11. The van der Waals surface area contributed by atoms with Crippen molar-refractivity contribution in [2.75, 3.05) is 25.1 Å². The zero-order valence-electron chi connectivity index (χ0n) is 18.9. The molecule has 7 heteroatoms. The molecule has 0 aliphatic heterocycles. The van der Waals surface area contributed by atoms with E-state index >= 15 is 0 Å². The lowest BCUT2D eigenvalue weighted by molar-refractivity contribution is -0.111. The van der Waals surface area contributed by atoms with E-state index in [9.17, 15) is 9.59 Å². The SMILES string of the molecule is CCOC(=O)c1cc(-c2ccccc2)sc1NC(=O)/C=C/c1ccc(OCC)c(OCC)c1. The molecule has 1 amide bonds. The highest BCUT2D eigenvalue weighted by atomic mass is 32.1. The van der Waals surface area contributed by atoms with Crippen molar-refractivity contribution in [3.05, 3.63) is 71.8 Å². The van der Waals surface area contributed by atoms with Crippen LogP contribution < -0.4 is 14.8 Å². The van der Waals surface area contributed by atoms with Gasteiger partial charge in [-0.2, -0.15) is 0 Å². The first kappa shape index (κ1) is 24.1. The van der Waals surface area contributed by atoms with Crippen molar-refractivity contribution >= 4 is 34.3 Å². The summed E-state index contributed by atoms with van der Waals surface area (Å²) in [5.41, 5.74) is 2.09. The third kappa shape index (κ3) is 6.46. The van der Waals surface area contributed by atoms with Gasteiger partial charge in [-0.15, -0.1) is 11.3 Å². The Bertz CT molecular complexity index is 1120. The van der Waals surface area contributed by atoms with Crippen LogP contribution in [0.4, 0.5) is 5.00 Å². The van der Waals surface area contributed by atoms with E-state index in [2.05, 4.69) is 5.32 Å². The molecule has 0 aliphatic carbocycles. The first-order chi connectivity index (χ1) is 16.0. The van der Waals surface area contributed by atoms with Crippen molar-refractivity contribution in [2.45, 2.75) is 20.8 Å². The molecule has 172 valence electrons. The summed E-state index contributed by atoms with van der Waals surface area (Å²) in [5.74, 6) is 0.459. The predicted octanol–water partition coefficient (Wildman–Crippen LogP) is 6.04. The van der Waals surface area contributed by atoms with E-state index in [-0.39, 0.29) is 12.5 Å². The lowest BCUT2D eigenvalue weighted by Crippen LogP contribution is -2.11. The Morgan fingerprint density at radius 3 is 2.33 bits per heavy atom. The minimum Gasteiger partial charge on any atom is -0.490 e. The molecule has 0 radical (unpaired) electrons. The largest absolute Gasteiger partial charge is 0.490 e. The second-order valence-electron chi connectivity index (χ2n) is 6.83. The van der Waals surface area contributed by atoms with Gasteiger partial charge in [-0.3, -0.25) is 4.79 Å². The van der Waals surface area contributed by atoms with Crippen molar-refractivity contribution < 1.29 is 23.8 Å². The van der Waals surface area contributed by atoms with Crippen LogP contribution in [0.3, 0.4) is 0 Å². The molecule has 1 N–H and O–H groups in total. The summed E-state index contributed by atoms with van der Waals surface area (Å²) in [6.07, 6.45) is 3.10. The first-order valence-corrected chi connectivity index (χ1v) is 11.6.